The standard InChI is InChI=1S/C23H22N2O5S/c1-17-11-12-22(31(27,28)30-20-8-4-3-5-9-20)19(13-17)16-24-25-23(26)15-18-7-6-10-21(14-18)29-2/h3-14,16H,15H2,1-2H3,(H,25,26). The zero-order chi connectivity index (χ0) is 22.3. The van der Waals surface area contributed by atoms with Gasteiger partial charge in [0.2, 0.25) is 5.91 Å². The minimum absolute atomic E-state index is 0.0484. The minimum Gasteiger partial charge on any atom is -0.497 e. The Bertz CT molecular complexity index is 1190. The lowest BCUT2D eigenvalue weighted by Crippen LogP contribution is -2.20. The van der Waals surface area contributed by atoms with Gasteiger partial charge in [-0.05, 0) is 48.9 Å². The maximum absolute atomic E-state index is 12.7. The summed E-state index contributed by atoms with van der Waals surface area (Å²) in [5.74, 6) is 0.515. The quantitative estimate of drug-likeness (QED) is 0.330. The van der Waals surface area contributed by atoms with Gasteiger partial charge in [-0.2, -0.15) is 13.5 Å². The van der Waals surface area contributed by atoms with E-state index in [0.717, 1.165) is 11.1 Å². The molecule has 0 saturated carbocycles. The number of methoxy groups -OCH3 is 1. The molecule has 160 valence electrons. The highest BCUT2D eigenvalue weighted by Gasteiger charge is 2.20. The number of carbonyl (C=O) groups is 1. The van der Waals surface area contributed by atoms with Gasteiger partial charge < -0.3 is 8.92 Å². The molecule has 0 fully saturated rings. The van der Waals surface area contributed by atoms with E-state index in [9.17, 15) is 13.2 Å². The fourth-order valence-electron chi connectivity index (χ4n) is 2.83. The van der Waals surface area contributed by atoms with E-state index >= 15 is 0 Å². The lowest BCUT2D eigenvalue weighted by molar-refractivity contribution is -0.120. The Labute approximate surface area is 181 Å². The van der Waals surface area contributed by atoms with Crippen molar-refractivity contribution in [3.8, 4) is 11.5 Å². The summed E-state index contributed by atoms with van der Waals surface area (Å²) in [6.07, 6.45) is 1.39. The van der Waals surface area contributed by atoms with E-state index in [1.807, 2.05) is 6.92 Å². The molecule has 7 nitrogen and oxygen atoms in total. The number of hydrogen-bond acceptors (Lipinski definition) is 6. The van der Waals surface area contributed by atoms with Crippen LogP contribution in [0.4, 0.5) is 0 Å². The van der Waals surface area contributed by atoms with Crippen molar-refractivity contribution in [2.24, 2.45) is 5.10 Å². The second kappa shape index (κ2) is 9.90. The van der Waals surface area contributed by atoms with Gasteiger partial charge in [-0.3, -0.25) is 4.79 Å². The van der Waals surface area contributed by atoms with Crippen molar-refractivity contribution < 1.29 is 22.1 Å². The third-order valence-corrected chi connectivity index (χ3v) is 5.60. The van der Waals surface area contributed by atoms with E-state index in [1.165, 1.54) is 12.3 Å². The summed E-state index contributed by atoms with van der Waals surface area (Å²) < 4.78 is 35.9. The Morgan fingerprint density at radius 2 is 1.74 bits per heavy atom. The summed E-state index contributed by atoms with van der Waals surface area (Å²) in [4.78, 5) is 12.1. The maximum Gasteiger partial charge on any atom is 0.339 e. The van der Waals surface area contributed by atoms with Crippen molar-refractivity contribution in [1.82, 2.24) is 5.43 Å². The molecule has 0 saturated heterocycles. The average molecular weight is 439 g/mol. The van der Waals surface area contributed by atoms with Crippen LogP contribution < -0.4 is 14.3 Å². The van der Waals surface area contributed by atoms with Gasteiger partial charge in [-0.25, -0.2) is 5.43 Å². The van der Waals surface area contributed by atoms with Crippen LogP contribution in [0.25, 0.3) is 0 Å². The van der Waals surface area contributed by atoms with Gasteiger partial charge in [0.25, 0.3) is 0 Å². The van der Waals surface area contributed by atoms with Crippen molar-refractivity contribution in [1.29, 1.82) is 0 Å². The topological polar surface area (TPSA) is 94.1 Å². The molecule has 8 heteroatoms. The summed E-state index contributed by atoms with van der Waals surface area (Å²) >= 11 is 0. The fraction of sp³-hybridized carbons (Fsp3) is 0.130. The molecule has 0 atom stereocenters. The molecule has 1 N–H and O–H groups in total. The average Bonchev–Trinajstić information content (AvgIpc) is 2.74. The maximum atomic E-state index is 12.7. The molecule has 0 spiro atoms. The summed E-state index contributed by atoms with van der Waals surface area (Å²) in [6.45, 7) is 1.83. The number of para-hydroxylation sites is 1. The van der Waals surface area contributed by atoms with E-state index in [0.29, 0.717) is 11.3 Å². The first kappa shape index (κ1) is 22.0. The predicted octanol–water partition coefficient (Wildman–Crippen LogP) is 3.46. The Morgan fingerprint density at radius 1 is 1.00 bits per heavy atom. The Balaban J connectivity index is 1.74. The summed E-state index contributed by atoms with van der Waals surface area (Å²) in [5.41, 5.74) is 4.32. The second-order valence-electron chi connectivity index (χ2n) is 6.71. The molecule has 1 amide bonds. The molecule has 3 aromatic carbocycles. The molecule has 31 heavy (non-hydrogen) atoms. The number of benzene rings is 3. The number of hydrogen-bond donors (Lipinski definition) is 1. The molecule has 0 unspecified atom stereocenters. The molecular formula is C23H22N2O5S. The summed E-state index contributed by atoms with van der Waals surface area (Å²) in [5, 5.41) is 3.93. The molecule has 3 aromatic rings. The van der Waals surface area contributed by atoms with Crippen molar-refractivity contribution in [2.45, 2.75) is 18.2 Å². The molecular weight excluding hydrogens is 416 g/mol. The fourth-order valence-corrected chi connectivity index (χ4v) is 3.91. The van der Waals surface area contributed by atoms with Crippen molar-refractivity contribution in [2.75, 3.05) is 7.11 Å². The third-order valence-electron chi connectivity index (χ3n) is 4.28. The van der Waals surface area contributed by atoms with Crippen LogP contribution >= 0.6 is 0 Å². The smallest absolute Gasteiger partial charge is 0.339 e. The van der Waals surface area contributed by atoms with Crippen LogP contribution in [-0.2, 0) is 21.3 Å². The SMILES string of the molecule is COc1cccc(CC(=O)NN=Cc2cc(C)ccc2S(=O)(=O)Oc2ccccc2)c1. The minimum atomic E-state index is -4.09. The highest BCUT2D eigenvalue weighted by Crippen LogP contribution is 2.21. The van der Waals surface area contributed by atoms with Crippen LogP contribution in [0.15, 0.2) is 82.8 Å². The van der Waals surface area contributed by atoms with E-state index in [-0.39, 0.29) is 23.0 Å². The van der Waals surface area contributed by atoms with E-state index in [2.05, 4.69) is 10.5 Å². The highest BCUT2D eigenvalue weighted by atomic mass is 32.2. The lowest BCUT2D eigenvalue weighted by Gasteiger charge is -2.10. The van der Waals surface area contributed by atoms with Gasteiger partial charge in [-0.15, -0.1) is 0 Å². The first-order valence-electron chi connectivity index (χ1n) is 9.42. The van der Waals surface area contributed by atoms with E-state index < -0.39 is 10.1 Å². The van der Waals surface area contributed by atoms with E-state index in [4.69, 9.17) is 8.92 Å². The Hall–Kier alpha value is -3.65. The van der Waals surface area contributed by atoms with E-state index in [1.54, 1.807) is 73.8 Å². The van der Waals surface area contributed by atoms with Gasteiger partial charge in [0.15, 0.2) is 0 Å². The van der Waals surface area contributed by atoms with Crippen molar-refractivity contribution >= 4 is 22.2 Å². The van der Waals surface area contributed by atoms with Crippen LogP contribution in [-0.4, -0.2) is 27.6 Å². The van der Waals surface area contributed by atoms with Crippen LogP contribution in [0.2, 0.25) is 0 Å². The number of rotatable bonds is 8. The van der Waals surface area contributed by atoms with Gasteiger partial charge in [-0.1, -0.05) is 42.0 Å². The monoisotopic (exact) mass is 438 g/mol. The van der Waals surface area contributed by atoms with Gasteiger partial charge >= 0.3 is 10.1 Å². The Kier molecular flexibility index (Phi) is 7.04. The predicted molar refractivity (Wildman–Crippen MR) is 118 cm³/mol. The first-order valence-corrected chi connectivity index (χ1v) is 10.8. The largest absolute Gasteiger partial charge is 0.497 e. The molecule has 0 aliphatic rings. The number of aryl methyl sites for hydroxylation is 1. The van der Waals surface area contributed by atoms with Gasteiger partial charge in [0.1, 0.15) is 16.4 Å². The molecule has 0 radical (unpaired) electrons. The number of nitrogens with one attached hydrogen (secondary N) is 1. The number of hydrazone groups is 1. The van der Waals surface area contributed by atoms with Crippen molar-refractivity contribution in [3.63, 3.8) is 0 Å². The first-order chi connectivity index (χ1) is 14.9. The zero-order valence-corrected chi connectivity index (χ0v) is 17.9. The van der Waals surface area contributed by atoms with Crippen LogP contribution in [0.5, 0.6) is 11.5 Å². The lowest BCUT2D eigenvalue weighted by atomic mass is 10.1. The van der Waals surface area contributed by atoms with Crippen LogP contribution in [0.1, 0.15) is 16.7 Å². The number of amides is 1. The Morgan fingerprint density at radius 3 is 2.48 bits per heavy atom. The normalized spacial score (nSPS) is 11.3. The highest BCUT2D eigenvalue weighted by molar-refractivity contribution is 7.87. The van der Waals surface area contributed by atoms with Crippen LogP contribution in [0.3, 0.4) is 0 Å². The molecule has 0 heterocycles. The van der Waals surface area contributed by atoms with Crippen molar-refractivity contribution in [3.05, 3.63) is 89.5 Å². The van der Waals surface area contributed by atoms with Crippen LogP contribution in [0, 0.1) is 6.92 Å². The summed E-state index contributed by atoms with van der Waals surface area (Å²) in [7, 11) is -2.53. The molecule has 3 rings (SSSR count). The summed E-state index contributed by atoms with van der Waals surface area (Å²) in [6, 6.07) is 20.1. The third kappa shape index (κ3) is 6.16. The zero-order valence-electron chi connectivity index (χ0n) is 17.1. The molecule has 0 aliphatic carbocycles. The molecule has 0 aliphatic heterocycles. The molecule has 0 aromatic heterocycles. The van der Waals surface area contributed by atoms with Gasteiger partial charge in [0, 0.05) is 5.56 Å². The number of ether oxygens (including phenoxy) is 1. The van der Waals surface area contributed by atoms with Gasteiger partial charge in [0.05, 0.1) is 19.7 Å². The number of carbonyl (C=O) groups excluding carboxylic acids is 1. The number of nitrogens with zero attached hydrogens (tertiary/aromatic N) is 1. The molecule has 0 bridgehead atoms. The second-order valence-corrected chi connectivity index (χ2v) is 8.23.